The molecule has 1 heterocycles. The molecule has 9 nitrogen and oxygen atoms in total. The highest BCUT2D eigenvalue weighted by Gasteiger charge is 2.13. The van der Waals surface area contributed by atoms with Gasteiger partial charge in [-0.1, -0.05) is 18.2 Å². The Labute approximate surface area is 159 Å². The Hall–Kier alpha value is -3.88. The molecule has 2 aromatic carbocycles. The summed E-state index contributed by atoms with van der Waals surface area (Å²) in [4.78, 5) is 33.7. The van der Waals surface area contributed by atoms with Crippen LogP contribution in [-0.4, -0.2) is 30.2 Å². The first-order chi connectivity index (χ1) is 13.5. The molecule has 28 heavy (non-hydrogen) atoms. The number of nitrogens with one attached hydrogen (secondary N) is 1. The van der Waals surface area contributed by atoms with Crippen molar-refractivity contribution in [1.29, 1.82) is 0 Å². The van der Waals surface area contributed by atoms with Gasteiger partial charge in [0.25, 0.3) is 11.6 Å². The molecule has 1 aliphatic rings. The molecule has 0 unspecified atom stereocenters. The van der Waals surface area contributed by atoms with Crippen LogP contribution in [0.25, 0.3) is 6.08 Å². The van der Waals surface area contributed by atoms with E-state index in [1.165, 1.54) is 24.3 Å². The van der Waals surface area contributed by atoms with Gasteiger partial charge in [-0.05, 0) is 29.3 Å². The van der Waals surface area contributed by atoms with Crippen molar-refractivity contribution in [1.82, 2.24) is 5.32 Å². The Kier molecular flexibility index (Phi) is 5.85. The lowest BCUT2D eigenvalue weighted by Gasteiger charge is -2.06. The van der Waals surface area contributed by atoms with E-state index in [2.05, 4.69) is 5.32 Å². The first-order valence-electron chi connectivity index (χ1n) is 8.26. The van der Waals surface area contributed by atoms with Crippen LogP contribution >= 0.6 is 0 Å². The molecule has 1 aliphatic heterocycles. The molecular formula is C19H16N2O7. The van der Waals surface area contributed by atoms with Gasteiger partial charge in [0.2, 0.25) is 6.79 Å². The molecule has 0 saturated heterocycles. The second-order valence-corrected chi connectivity index (χ2v) is 5.76. The Morgan fingerprint density at radius 2 is 2.00 bits per heavy atom. The lowest BCUT2D eigenvalue weighted by Crippen LogP contribution is -2.28. The van der Waals surface area contributed by atoms with Gasteiger partial charge in [0, 0.05) is 24.8 Å². The maximum absolute atomic E-state index is 11.8. The average molecular weight is 384 g/mol. The largest absolute Gasteiger partial charge is 0.454 e. The second kappa shape index (κ2) is 8.67. The van der Waals surface area contributed by atoms with Crippen LogP contribution in [0, 0.1) is 10.1 Å². The number of nitro groups is 1. The number of non-ortho nitro benzene ring substituents is 1. The van der Waals surface area contributed by atoms with Gasteiger partial charge < -0.3 is 19.5 Å². The highest BCUT2D eigenvalue weighted by Crippen LogP contribution is 2.32. The van der Waals surface area contributed by atoms with Crippen LogP contribution in [-0.2, 0) is 20.9 Å². The highest BCUT2D eigenvalue weighted by atomic mass is 16.7. The Morgan fingerprint density at radius 1 is 1.18 bits per heavy atom. The van der Waals surface area contributed by atoms with Crippen LogP contribution in [0.15, 0.2) is 48.5 Å². The summed E-state index contributed by atoms with van der Waals surface area (Å²) in [5.74, 6) is 0.0727. The lowest BCUT2D eigenvalue weighted by molar-refractivity contribution is -0.384. The molecule has 0 bridgehead atoms. The SMILES string of the molecule is O=C(COC(=O)/C=C/c1cccc([N+](=O)[O-])c1)NCc1ccc2c(c1)OCO2. The van der Waals surface area contributed by atoms with Crippen LogP contribution in [0.5, 0.6) is 11.5 Å². The minimum absolute atomic E-state index is 0.0848. The molecule has 0 aliphatic carbocycles. The number of rotatable bonds is 7. The minimum atomic E-state index is -0.732. The third-order valence-electron chi connectivity index (χ3n) is 3.77. The fourth-order valence-electron chi connectivity index (χ4n) is 2.39. The van der Waals surface area contributed by atoms with Crippen LogP contribution in [0.2, 0.25) is 0 Å². The Balaban J connectivity index is 1.43. The van der Waals surface area contributed by atoms with Crippen molar-refractivity contribution in [2.24, 2.45) is 0 Å². The van der Waals surface area contributed by atoms with E-state index < -0.39 is 23.4 Å². The van der Waals surface area contributed by atoms with E-state index in [1.807, 2.05) is 0 Å². The van der Waals surface area contributed by atoms with Crippen molar-refractivity contribution in [2.45, 2.75) is 6.54 Å². The zero-order valence-corrected chi connectivity index (χ0v) is 14.6. The lowest BCUT2D eigenvalue weighted by atomic mass is 10.2. The van der Waals surface area contributed by atoms with Gasteiger partial charge in [-0.15, -0.1) is 0 Å². The van der Waals surface area contributed by atoms with Crippen LogP contribution in [0.3, 0.4) is 0 Å². The van der Waals surface area contributed by atoms with Gasteiger partial charge in [0.05, 0.1) is 4.92 Å². The van der Waals surface area contributed by atoms with E-state index in [1.54, 1.807) is 24.3 Å². The number of benzene rings is 2. The molecule has 0 fully saturated rings. The standard InChI is InChI=1S/C19H16N2O7/c22-18(20-10-14-4-6-16-17(9-14)28-12-27-16)11-26-19(23)7-5-13-2-1-3-15(8-13)21(24)25/h1-9H,10-12H2,(H,20,22)/b7-5+. The maximum atomic E-state index is 11.8. The number of amides is 1. The second-order valence-electron chi connectivity index (χ2n) is 5.76. The molecule has 2 aromatic rings. The molecule has 0 saturated carbocycles. The third-order valence-corrected chi connectivity index (χ3v) is 3.77. The molecule has 144 valence electrons. The Morgan fingerprint density at radius 3 is 2.82 bits per heavy atom. The summed E-state index contributed by atoms with van der Waals surface area (Å²) in [6.45, 7) is -0.0237. The number of nitrogens with zero attached hydrogens (tertiary/aromatic N) is 1. The number of nitro benzene ring substituents is 1. The van der Waals surface area contributed by atoms with E-state index in [9.17, 15) is 19.7 Å². The fourth-order valence-corrected chi connectivity index (χ4v) is 2.39. The number of carbonyl (C=O) groups is 2. The van der Waals surface area contributed by atoms with Gasteiger partial charge in [-0.2, -0.15) is 0 Å². The van der Waals surface area contributed by atoms with E-state index in [4.69, 9.17) is 14.2 Å². The number of carbonyl (C=O) groups excluding carboxylic acids is 2. The monoisotopic (exact) mass is 384 g/mol. The molecule has 3 rings (SSSR count). The van der Waals surface area contributed by atoms with Crippen molar-refractivity contribution in [3.63, 3.8) is 0 Å². The average Bonchev–Trinajstić information content (AvgIpc) is 3.17. The smallest absolute Gasteiger partial charge is 0.331 e. The summed E-state index contributed by atoms with van der Waals surface area (Å²) >= 11 is 0. The normalized spacial score (nSPS) is 12.0. The quantitative estimate of drug-likeness (QED) is 0.336. The van der Waals surface area contributed by atoms with Gasteiger partial charge in [0.15, 0.2) is 18.1 Å². The van der Waals surface area contributed by atoms with Gasteiger partial charge in [0.1, 0.15) is 0 Å². The number of ether oxygens (including phenoxy) is 3. The summed E-state index contributed by atoms with van der Waals surface area (Å²) in [6, 6.07) is 11.1. The Bertz CT molecular complexity index is 940. The van der Waals surface area contributed by atoms with E-state index >= 15 is 0 Å². The molecular weight excluding hydrogens is 368 g/mol. The topological polar surface area (TPSA) is 117 Å². The molecule has 0 atom stereocenters. The number of fused-ring (bicyclic) bond motifs is 1. The van der Waals surface area contributed by atoms with Gasteiger partial charge in [-0.3, -0.25) is 14.9 Å². The van der Waals surface area contributed by atoms with Crippen molar-refractivity contribution in [2.75, 3.05) is 13.4 Å². The van der Waals surface area contributed by atoms with Crippen molar-refractivity contribution in [3.05, 3.63) is 69.8 Å². The molecule has 1 N–H and O–H groups in total. The third kappa shape index (κ3) is 5.07. The number of esters is 1. The van der Waals surface area contributed by atoms with Crippen LogP contribution < -0.4 is 14.8 Å². The summed E-state index contributed by atoms with van der Waals surface area (Å²) in [5.41, 5.74) is 1.20. The molecule has 9 heteroatoms. The van der Waals surface area contributed by atoms with Crippen LogP contribution in [0.1, 0.15) is 11.1 Å². The highest BCUT2D eigenvalue weighted by molar-refractivity contribution is 5.89. The predicted octanol–water partition coefficient (Wildman–Crippen LogP) is 2.20. The van der Waals surface area contributed by atoms with Crippen molar-refractivity contribution >= 4 is 23.6 Å². The predicted molar refractivity (Wildman–Crippen MR) is 97.5 cm³/mol. The van der Waals surface area contributed by atoms with Crippen molar-refractivity contribution < 1.29 is 28.7 Å². The van der Waals surface area contributed by atoms with Gasteiger partial charge in [-0.25, -0.2) is 4.79 Å². The van der Waals surface area contributed by atoms with E-state index in [0.717, 1.165) is 11.6 Å². The zero-order chi connectivity index (χ0) is 19.9. The van der Waals surface area contributed by atoms with Crippen molar-refractivity contribution in [3.8, 4) is 11.5 Å². The summed E-state index contributed by atoms with van der Waals surface area (Å²) in [7, 11) is 0. The molecule has 0 spiro atoms. The van der Waals surface area contributed by atoms with Gasteiger partial charge >= 0.3 is 5.97 Å². The van der Waals surface area contributed by atoms with E-state index in [-0.39, 0.29) is 19.0 Å². The van der Waals surface area contributed by atoms with Crippen LogP contribution in [0.4, 0.5) is 5.69 Å². The molecule has 0 aromatic heterocycles. The minimum Gasteiger partial charge on any atom is -0.454 e. The summed E-state index contributed by atoms with van der Waals surface area (Å²) in [5, 5.41) is 13.3. The first kappa shape index (κ1) is 18.9. The summed E-state index contributed by atoms with van der Waals surface area (Å²) < 4.78 is 15.3. The van der Waals surface area contributed by atoms with E-state index in [0.29, 0.717) is 17.1 Å². The molecule has 0 radical (unpaired) electrons. The fraction of sp³-hybridized carbons (Fsp3) is 0.158. The number of hydrogen-bond donors (Lipinski definition) is 1. The first-order valence-corrected chi connectivity index (χ1v) is 8.26. The number of hydrogen-bond acceptors (Lipinski definition) is 7. The maximum Gasteiger partial charge on any atom is 0.331 e. The summed E-state index contributed by atoms with van der Waals surface area (Å²) in [6.07, 6.45) is 2.48. The molecule has 1 amide bonds. The zero-order valence-electron chi connectivity index (χ0n) is 14.6.